The Kier molecular flexibility index (Phi) is 5.26. The molecule has 2 atom stereocenters. The van der Waals surface area contributed by atoms with Crippen molar-refractivity contribution in [3.05, 3.63) is 94.3 Å². The van der Waals surface area contributed by atoms with E-state index in [2.05, 4.69) is 0 Å². The van der Waals surface area contributed by atoms with Gasteiger partial charge >= 0.3 is 0 Å². The minimum absolute atomic E-state index is 0.0736. The first kappa shape index (κ1) is 19.4. The molecule has 1 fully saturated rings. The second-order valence-corrected chi connectivity index (χ2v) is 7.06. The molecule has 1 aliphatic rings. The minimum atomic E-state index is -1.08. The Morgan fingerprint density at radius 2 is 1.62 bits per heavy atom. The van der Waals surface area contributed by atoms with Crippen LogP contribution in [0, 0.1) is 17.5 Å². The lowest BCUT2D eigenvalue weighted by atomic mass is 10.0. The van der Waals surface area contributed by atoms with Crippen molar-refractivity contribution in [3.63, 3.8) is 0 Å². The predicted molar refractivity (Wildman–Crippen MR) is 106 cm³/mol. The van der Waals surface area contributed by atoms with E-state index in [0.29, 0.717) is 12.2 Å². The molecule has 3 aromatic carbocycles. The number of aliphatic hydroxyl groups is 1. The molecule has 0 radical (unpaired) electrons. The molecule has 1 N–H and O–H groups in total. The Labute approximate surface area is 166 Å². The van der Waals surface area contributed by atoms with E-state index >= 15 is 0 Å². The summed E-state index contributed by atoms with van der Waals surface area (Å²) in [6.45, 7) is 1.94. The first-order valence-corrected chi connectivity index (χ1v) is 9.29. The van der Waals surface area contributed by atoms with Crippen LogP contribution < -0.4 is 0 Å². The Hall–Kier alpha value is -2.89. The van der Waals surface area contributed by atoms with Crippen LogP contribution in [0.25, 0.3) is 23.3 Å². The van der Waals surface area contributed by atoms with Crippen LogP contribution in [-0.2, 0) is 4.74 Å². The smallest absolute Gasteiger partial charge is 0.166 e. The first-order chi connectivity index (χ1) is 13.9. The normalized spacial score (nSPS) is 16.9. The zero-order valence-corrected chi connectivity index (χ0v) is 15.7. The second kappa shape index (κ2) is 7.85. The molecule has 2 unspecified atom stereocenters. The van der Waals surface area contributed by atoms with Gasteiger partial charge in [0.05, 0.1) is 12.7 Å². The van der Waals surface area contributed by atoms with Crippen LogP contribution in [0.5, 0.6) is 0 Å². The summed E-state index contributed by atoms with van der Waals surface area (Å²) in [6, 6.07) is 15.2. The Morgan fingerprint density at radius 3 is 2.24 bits per heavy atom. The van der Waals surface area contributed by atoms with Crippen molar-refractivity contribution in [2.45, 2.75) is 19.1 Å². The molecule has 0 aliphatic carbocycles. The fourth-order valence-corrected chi connectivity index (χ4v) is 3.20. The third-order valence-electron chi connectivity index (χ3n) is 4.97. The average molecular weight is 396 g/mol. The van der Waals surface area contributed by atoms with E-state index in [1.807, 2.05) is 30.3 Å². The number of hydrogen-bond acceptors (Lipinski definition) is 2. The molecular formula is C24H19F3O2. The molecule has 1 aliphatic heterocycles. The van der Waals surface area contributed by atoms with Gasteiger partial charge in [-0.05, 0) is 29.7 Å². The maximum atomic E-state index is 14.2. The molecule has 3 aromatic rings. The van der Waals surface area contributed by atoms with Crippen LogP contribution in [0.4, 0.5) is 13.2 Å². The molecule has 0 spiro atoms. The number of hydrogen-bond donors (Lipinski definition) is 1. The van der Waals surface area contributed by atoms with Gasteiger partial charge in [-0.25, -0.2) is 13.2 Å². The molecule has 148 valence electrons. The van der Waals surface area contributed by atoms with Crippen LogP contribution in [0.2, 0.25) is 0 Å². The number of epoxide rings is 1. The second-order valence-electron chi connectivity index (χ2n) is 7.06. The SMILES string of the molecule is CC(O)c1ccc(/C=C/c2ccc(-c3ccc(C4CO4)c(F)c3)cc2)c(F)c1F. The molecule has 1 heterocycles. The van der Waals surface area contributed by atoms with Crippen LogP contribution >= 0.6 is 0 Å². The highest BCUT2D eigenvalue weighted by molar-refractivity contribution is 5.72. The highest BCUT2D eigenvalue weighted by Crippen LogP contribution is 2.33. The summed E-state index contributed by atoms with van der Waals surface area (Å²) in [4.78, 5) is 0. The van der Waals surface area contributed by atoms with E-state index in [-0.39, 0.29) is 23.0 Å². The number of aliphatic hydroxyl groups excluding tert-OH is 1. The molecule has 29 heavy (non-hydrogen) atoms. The van der Waals surface area contributed by atoms with Gasteiger partial charge in [-0.2, -0.15) is 0 Å². The van der Waals surface area contributed by atoms with Gasteiger partial charge in [0.1, 0.15) is 11.9 Å². The minimum Gasteiger partial charge on any atom is -0.389 e. The van der Waals surface area contributed by atoms with Crippen molar-refractivity contribution in [3.8, 4) is 11.1 Å². The molecule has 0 bridgehead atoms. The first-order valence-electron chi connectivity index (χ1n) is 9.29. The molecule has 0 amide bonds. The maximum Gasteiger partial charge on any atom is 0.166 e. The van der Waals surface area contributed by atoms with Gasteiger partial charge in [0.15, 0.2) is 11.6 Å². The fraction of sp³-hybridized carbons (Fsp3) is 0.167. The quantitative estimate of drug-likeness (QED) is 0.420. The van der Waals surface area contributed by atoms with Crippen molar-refractivity contribution in [2.75, 3.05) is 6.61 Å². The lowest BCUT2D eigenvalue weighted by molar-refractivity contribution is 0.192. The average Bonchev–Trinajstić information content (AvgIpc) is 3.54. The number of benzene rings is 3. The predicted octanol–water partition coefficient (Wildman–Crippen LogP) is 6.07. The van der Waals surface area contributed by atoms with Crippen molar-refractivity contribution >= 4 is 12.2 Å². The van der Waals surface area contributed by atoms with E-state index in [1.54, 1.807) is 12.1 Å². The number of halogens is 3. The van der Waals surface area contributed by atoms with Gasteiger partial charge in [0.25, 0.3) is 0 Å². The van der Waals surface area contributed by atoms with E-state index < -0.39 is 17.7 Å². The van der Waals surface area contributed by atoms with E-state index in [0.717, 1.165) is 16.7 Å². The molecule has 0 saturated carbocycles. The summed E-state index contributed by atoms with van der Waals surface area (Å²) in [5, 5.41) is 9.46. The van der Waals surface area contributed by atoms with Crippen molar-refractivity contribution < 1.29 is 23.0 Å². The molecule has 4 rings (SSSR count). The third-order valence-corrected chi connectivity index (χ3v) is 4.97. The Bertz CT molecular complexity index is 1070. The zero-order valence-electron chi connectivity index (χ0n) is 15.7. The topological polar surface area (TPSA) is 32.8 Å². The molecule has 0 aromatic heterocycles. The Morgan fingerprint density at radius 1 is 0.931 bits per heavy atom. The standard InChI is InChI=1S/C24H19F3O2/c1-14(28)19-10-8-17(23(26)24(19)27)7-4-15-2-5-16(6-3-15)18-9-11-20(21(25)12-18)22-13-29-22/h2-12,14,22,28H,13H2,1H3/b7-4+. The van der Waals surface area contributed by atoms with Crippen LogP contribution in [0.1, 0.15) is 41.4 Å². The van der Waals surface area contributed by atoms with Gasteiger partial charge in [0.2, 0.25) is 0 Å². The highest BCUT2D eigenvalue weighted by Gasteiger charge is 2.27. The third kappa shape index (κ3) is 4.11. The lowest BCUT2D eigenvalue weighted by Crippen LogP contribution is -2.00. The van der Waals surface area contributed by atoms with Gasteiger partial charge < -0.3 is 9.84 Å². The van der Waals surface area contributed by atoms with Crippen molar-refractivity contribution in [1.29, 1.82) is 0 Å². The van der Waals surface area contributed by atoms with Gasteiger partial charge in [0, 0.05) is 16.7 Å². The fourth-order valence-electron chi connectivity index (χ4n) is 3.20. The molecule has 1 saturated heterocycles. The van der Waals surface area contributed by atoms with Crippen LogP contribution in [-0.4, -0.2) is 11.7 Å². The van der Waals surface area contributed by atoms with Crippen molar-refractivity contribution in [2.24, 2.45) is 0 Å². The van der Waals surface area contributed by atoms with Crippen LogP contribution in [0.3, 0.4) is 0 Å². The monoisotopic (exact) mass is 396 g/mol. The summed E-state index contributed by atoms with van der Waals surface area (Å²) in [5.74, 6) is -2.32. The summed E-state index contributed by atoms with van der Waals surface area (Å²) < 4.78 is 47.5. The molecular weight excluding hydrogens is 377 g/mol. The van der Waals surface area contributed by atoms with Gasteiger partial charge in [-0.1, -0.05) is 60.7 Å². The van der Waals surface area contributed by atoms with E-state index in [4.69, 9.17) is 4.74 Å². The molecule has 5 heteroatoms. The van der Waals surface area contributed by atoms with Crippen molar-refractivity contribution in [1.82, 2.24) is 0 Å². The van der Waals surface area contributed by atoms with E-state index in [1.165, 1.54) is 31.2 Å². The zero-order chi connectivity index (χ0) is 20.5. The van der Waals surface area contributed by atoms with E-state index in [9.17, 15) is 18.3 Å². The largest absolute Gasteiger partial charge is 0.389 e. The molecule has 2 nitrogen and oxygen atoms in total. The summed E-state index contributed by atoms with van der Waals surface area (Å²) in [7, 11) is 0. The number of ether oxygens (including phenoxy) is 1. The summed E-state index contributed by atoms with van der Waals surface area (Å²) >= 11 is 0. The van der Waals surface area contributed by atoms with Gasteiger partial charge in [-0.15, -0.1) is 0 Å². The number of rotatable bonds is 5. The van der Waals surface area contributed by atoms with Crippen LogP contribution in [0.15, 0.2) is 54.6 Å². The summed E-state index contributed by atoms with van der Waals surface area (Å²) in [6.07, 6.45) is 1.93. The Balaban J connectivity index is 1.53. The highest BCUT2D eigenvalue weighted by atomic mass is 19.2. The summed E-state index contributed by atoms with van der Waals surface area (Å²) in [5.41, 5.74) is 2.99. The lowest BCUT2D eigenvalue weighted by Gasteiger charge is -2.08. The maximum absolute atomic E-state index is 14.2. The van der Waals surface area contributed by atoms with Gasteiger partial charge in [-0.3, -0.25) is 0 Å².